The third-order valence-electron chi connectivity index (χ3n) is 5.40. The maximum Gasteiger partial charge on any atom is 0.246 e. The molecule has 4 rings (SSSR count). The number of carbonyl (C=O) groups excluding carboxylic acids is 1. The first-order valence-electron chi connectivity index (χ1n) is 10.1. The van der Waals surface area contributed by atoms with Crippen molar-refractivity contribution in [1.82, 2.24) is 29.5 Å². The zero-order valence-corrected chi connectivity index (χ0v) is 17.6. The van der Waals surface area contributed by atoms with E-state index in [1.165, 1.54) is 11.9 Å². The molecular formula is C22H27N7O. The largest absolute Gasteiger partial charge is 0.383 e. The lowest BCUT2D eigenvalue weighted by atomic mass is 10.1. The van der Waals surface area contributed by atoms with Gasteiger partial charge in [0, 0.05) is 31.3 Å². The maximum atomic E-state index is 12.5. The lowest BCUT2D eigenvalue weighted by Crippen LogP contribution is -2.28. The number of hydrogen-bond acceptors (Lipinski definition) is 6. The van der Waals surface area contributed by atoms with Crippen molar-refractivity contribution in [3.63, 3.8) is 0 Å². The Hall–Kier alpha value is -3.26. The number of nitrogens with zero attached hydrogens (tertiary/aromatic N) is 6. The Morgan fingerprint density at radius 1 is 1.27 bits per heavy atom. The van der Waals surface area contributed by atoms with Gasteiger partial charge in [0.1, 0.15) is 17.8 Å². The summed E-state index contributed by atoms with van der Waals surface area (Å²) in [6.07, 6.45) is 5.84. The highest BCUT2D eigenvalue weighted by atomic mass is 16.2. The average molecular weight is 406 g/mol. The number of benzene rings is 1. The van der Waals surface area contributed by atoms with Gasteiger partial charge in [0.15, 0.2) is 5.65 Å². The van der Waals surface area contributed by atoms with E-state index in [1.807, 2.05) is 46.8 Å². The van der Waals surface area contributed by atoms with Gasteiger partial charge in [-0.1, -0.05) is 35.9 Å². The number of hydrogen-bond donors (Lipinski definition) is 1. The van der Waals surface area contributed by atoms with Crippen molar-refractivity contribution in [3.05, 3.63) is 48.3 Å². The monoisotopic (exact) mass is 405 g/mol. The fourth-order valence-electron chi connectivity index (χ4n) is 3.77. The SMILES string of the molecule is Cc1ccc(-c2nn(C3CCN(C(=O)/C=C/CN(C)C)C3)c3ncnc(N)c23)cc1. The van der Waals surface area contributed by atoms with Crippen LogP contribution in [0.25, 0.3) is 22.3 Å². The summed E-state index contributed by atoms with van der Waals surface area (Å²) in [5, 5.41) is 5.64. The molecule has 3 aromatic rings. The zero-order chi connectivity index (χ0) is 21.3. The Morgan fingerprint density at radius 3 is 2.77 bits per heavy atom. The van der Waals surface area contributed by atoms with Gasteiger partial charge in [-0.2, -0.15) is 5.10 Å². The quantitative estimate of drug-likeness (QED) is 0.655. The molecule has 1 atom stereocenters. The normalized spacial score (nSPS) is 16.9. The first-order valence-corrected chi connectivity index (χ1v) is 10.1. The average Bonchev–Trinajstić information content (AvgIpc) is 3.34. The number of nitrogens with two attached hydrogens (primary N) is 1. The molecule has 1 unspecified atom stereocenters. The molecule has 0 saturated carbocycles. The molecule has 1 saturated heterocycles. The predicted molar refractivity (Wildman–Crippen MR) is 118 cm³/mol. The van der Waals surface area contributed by atoms with Crippen LogP contribution in [0, 0.1) is 6.92 Å². The van der Waals surface area contributed by atoms with E-state index in [0.717, 1.165) is 29.6 Å². The van der Waals surface area contributed by atoms with Gasteiger partial charge in [-0.15, -0.1) is 0 Å². The van der Waals surface area contributed by atoms with Crippen LogP contribution in [0.1, 0.15) is 18.0 Å². The summed E-state index contributed by atoms with van der Waals surface area (Å²) in [6.45, 7) is 4.08. The molecule has 0 aliphatic carbocycles. The van der Waals surface area contributed by atoms with Gasteiger partial charge in [0.25, 0.3) is 0 Å². The smallest absolute Gasteiger partial charge is 0.246 e. The van der Waals surface area contributed by atoms with Crippen molar-refractivity contribution in [2.75, 3.05) is 39.5 Å². The van der Waals surface area contributed by atoms with Gasteiger partial charge in [0.2, 0.25) is 5.91 Å². The molecule has 8 heteroatoms. The molecule has 1 fully saturated rings. The van der Waals surface area contributed by atoms with Crippen LogP contribution in [-0.2, 0) is 4.79 Å². The van der Waals surface area contributed by atoms with Crippen molar-refractivity contribution in [3.8, 4) is 11.3 Å². The second-order valence-electron chi connectivity index (χ2n) is 8.01. The van der Waals surface area contributed by atoms with Crippen molar-refractivity contribution in [2.24, 2.45) is 0 Å². The summed E-state index contributed by atoms with van der Waals surface area (Å²) in [4.78, 5) is 25.1. The number of amides is 1. The van der Waals surface area contributed by atoms with Gasteiger partial charge in [0.05, 0.1) is 11.4 Å². The Bertz CT molecular complexity index is 1080. The van der Waals surface area contributed by atoms with Crippen LogP contribution in [0.4, 0.5) is 5.82 Å². The molecule has 156 valence electrons. The second kappa shape index (κ2) is 8.23. The molecule has 2 N–H and O–H groups in total. The van der Waals surface area contributed by atoms with E-state index in [2.05, 4.69) is 29.0 Å². The standard InChI is InChI=1S/C22H27N7O/c1-15-6-8-16(9-7-15)20-19-21(23)24-14-25-22(19)29(26-20)17-10-12-28(13-17)18(30)5-4-11-27(2)3/h4-9,14,17H,10-13H2,1-3H3,(H2,23,24,25)/b5-4+. The van der Waals surface area contributed by atoms with E-state index < -0.39 is 0 Å². The van der Waals surface area contributed by atoms with E-state index in [1.54, 1.807) is 6.08 Å². The topological polar surface area (TPSA) is 93.2 Å². The summed E-state index contributed by atoms with van der Waals surface area (Å²) in [5.41, 5.74) is 9.85. The fraction of sp³-hybridized carbons (Fsp3) is 0.364. The van der Waals surface area contributed by atoms with Crippen LogP contribution in [-0.4, -0.2) is 69.2 Å². The number of anilines is 1. The summed E-state index contributed by atoms with van der Waals surface area (Å²) < 4.78 is 1.92. The van der Waals surface area contributed by atoms with Crippen LogP contribution in [0.3, 0.4) is 0 Å². The van der Waals surface area contributed by atoms with E-state index in [0.29, 0.717) is 24.6 Å². The highest BCUT2D eigenvalue weighted by Gasteiger charge is 2.30. The molecule has 0 bridgehead atoms. The van der Waals surface area contributed by atoms with Crippen molar-refractivity contribution < 1.29 is 4.79 Å². The third-order valence-corrected chi connectivity index (χ3v) is 5.40. The fourth-order valence-corrected chi connectivity index (χ4v) is 3.77. The highest BCUT2D eigenvalue weighted by Crippen LogP contribution is 2.33. The Morgan fingerprint density at radius 2 is 2.03 bits per heavy atom. The van der Waals surface area contributed by atoms with Crippen molar-refractivity contribution in [1.29, 1.82) is 0 Å². The summed E-state index contributed by atoms with van der Waals surface area (Å²) >= 11 is 0. The first-order chi connectivity index (χ1) is 14.4. The molecule has 3 heterocycles. The van der Waals surface area contributed by atoms with Crippen LogP contribution in [0.15, 0.2) is 42.7 Å². The van der Waals surface area contributed by atoms with Crippen molar-refractivity contribution >= 4 is 22.8 Å². The summed E-state index contributed by atoms with van der Waals surface area (Å²) in [6, 6.07) is 8.22. The van der Waals surface area contributed by atoms with E-state index >= 15 is 0 Å². The van der Waals surface area contributed by atoms with E-state index in [-0.39, 0.29) is 11.9 Å². The number of carbonyl (C=O) groups is 1. The van der Waals surface area contributed by atoms with Crippen LogP contribution in [0.5, 0.6) is 0 Å². The predicted octanol–water partition coefficient (Wildman–Crippen LogP) is 2.28. The van der Waals surface area contributed by atoms with E-state index in [4.69, 9.17) is 10.8 Å². The lowest BCUT2D eigenvalue weighted by Gasteiger charge is -2.15. The molecule has 0 spiro atoms. The van der Waals surface area contributed by atoms with Crippen LogP contribution in [0.2, 0.25) is 0 Å². The number of aryl methyl sites for hydroxylation is 1. The Labute approximate surface area is 176 Å². The molecule has 2 aromatic heterocycles. The number of likely N-dealkylation sites (tertiary alicyclic amines) is 1. The maximum absolute atomic E-state index is 12.5. The summed E-state index contributed by atoms with van der Waals surface area (Å²) in [5.74, 6) is 0.447. The number of nitrogen functional groups attached to an aromatic ring is 1. The summed E-state index contributed by atoms with van der Waals surface area (Å²) in [7, 11) is 3.95. The first kappa shape index (κ1) is 20.0. The highest BCUT2D eigenvalue weighted by molar-refractivity contribution is 5.98. The molecule has 30 heavy (non-hydrogen) atoms. The molecule has 8 nitrogen and oxygen atoms in total. The van der Waals surface area contributed by atoms with Gasteiger partial charge < -0.3 is 15.5 Å². The minimum atomic E-state index is 0.0312. The minimum Gasteiger partial charge on any atom is -0.383 e. The number of fused-ring (bicyclic) bond motifs is 1. The molecule has 1 amide bonds. The lowest BCUT2D eigenvalue weighted by molar-refractivity contribution is -0.125. The number of aromatic nitrogens is 4. The minimum absolute atomic E-state index is 0.0312. The van der Waals surface area contributed by atoms with Crippen LogP contribution < -0.4 is 5.73 Å². The van der Waals surface area contributed by atoms with Gasteiger partial charge in [-0.3, -0.25) is 4.79 Å². The van der Waals surface area contributed by atoms with Crippen LogP contribution >= 0.6 is 0 Å². The molecule has 1 aromatic carbocycles. The van der Waals surface area contributed by atoms with Crippen molar-refractivity contribution in [2.45, 2.75) is 19.4 Å². The molecule has 1 aliphatic rings. The second-order valence-corrected chi connectivity index (χ2v) is 8.01. The van der Waals surface area contributed by atoms with Gasteiger partial charge in [-0.25, -0.2) is 14.6 Å². The Kier molecular flexibility index (Phi) is 5.50. The third kappa shape index (κ3) is 3.91. The number of likely N-dealkylation sites (N-methyl/N-ethyl adjacent to an activating group) is 1. The zero-order valence-electron chi connectivity index (χ0n) is 17.6. The molecule has 1 aliphatic heterocycles. The van der Waals surface area contributed by atoms with Gasteiger partial charge >= 0.3 is 0 Å². The molecule has 0 radical (unpaired) electrons. The molecular weight excluding hydrogens is 378 g/mol. The van der Waals surface area contributed by atoms with E-state index in [9.17, 15) is 4.79 Å². The Balaban J connectivity index is 1.64. The number of rotatable bonds is 5. The van der Waals surface area contributed by atoms with Gasteiger partial charge in [-0.05, 0) is 27.4 Å².